The van der Waals surface area contributed by atoms with Crippen LogP contribution in [0.3, 0.4) is 0 Å². The van der Waals surface area contributed by atoms with E-state index in [0.29, 0.717) is 27.6 Å². The number of rotatable bonds is 8. The number of amides is 1. The summed E-state index contributed by atoms with van der Waals surface area (Å²) in [5.41, 5.74) is 4.08. The third-order valence-corrected chi connectivity index (χ3v) is 7.25. The fraction of sp³-hybridized carbons (Fsp3) is 0. The highest BCUT2D eigenvalue weighted by Gasteiger charge is 2.14. The van der Waals surface area contributed by atoms with Crippen molar-refractivity contribution in [1.82, 2.24) is 5.43 Å². The lowest BCUT2D eigenvalue weighted by Crippen LogP contribution is -2.18. The molecule has 2 N–H and O–H groups in total. The molecule has 11 heteroatoms. The number of hydrogen-bond acceptors (Lipinski definition) is 6. The summed E-state index contributed by atoms with van der Waals surface area (Å²) in [7, 11) is -3.80. The molecular formula is C27H19BrClN3O5S. The number of hydrazone groups is 1. The fourth-order valence-corrected chi connectivity index (χ4v) is 4.57. The lowest BCUT2D eigenvalue weighted by atomic mass is 10.2. The topological polar surface area (TPSA) is 114 Å². The van der Waals surface area contributed by atoms with E-state index in [1.165, 1.54) is 54.7 Å². The third kappa shape index (κ3) is 7.28. The van der Waals surface area contributed by atoms with Crippen LogP contribution in [0.2, 0.25) is 5.02 Å². The van der Waals surface area contributed by atoms with Gasteiger partial charge in [0.25, 0.3) is 15.9 Å². The van der Waals surface area contributed by atoms with Crippen LogP contribution >= 0.6 is 27.5 Å². The van der Waals surface area contributed by atoms with Gasteiger partial charge in [-0.25, -0.2) is 18.6 Å². The molecule has 0 unspecified atom stereocenters. The molecule has 0 atom stereocenters. The number of halogens is 2. The molecule has 0 aromatic heterocycles. The van der Waals surface area contributed by atoms with Crippen LogP contribution in [-0.2, 0) is 10.0 Å². The van der Waals surface area contributed by atoms with Crippen molar-refractivity contribution < 1.29 is 22.7 Å². The summed E-state index contributed by atoms with van der Waals surface area (Å²) < 4.78 is 33.6. The van der Waals surface area contributed by atoms with Crippen molar-refractivity contribution in [2.45, 2.75) is 4.90 Å². The molecule has 0 aliphatic heterocycles. The minimum absolute atomic E-state index is 0.0637. The summed E-state index contributed by atoms with van der Waals surface area (Å²) >= 11 is 9.12. The molecule has 0 saturated carbocycles. The monoisotopic (exact) mass is 611 g/mol. The Bertz CT molecular complexity index is 1570. The second-order valence-electron chi connectivity index (χ2n) is 7.80. The molecule has 4 rings (SSSR count). The van der Waals surface area contributed by atoms with E-state index >= 15 is 0 Å². The molecule has 0 saturated heterocycles. The molecule has 0 radical (unpaired) electrons. The van der Waals surface area contributed by atoms with Crippen LogP contribution in [0.1, 0.15) is 26.3 Å². The number of sulfonamides is 1. The van der Waals surface area contributed by atoms with Crippen molar-refractivity contribution in [3.63, 3.8) is 0 Å². The third-order valence-electron chi connectivity index (χ3n) is 5.07. The van der Waals surface area contributed by atoms with Gasteiger partial charge in [0, 0.05) is 20.7 Å². The molecule has 0 fully saturated rings. The molecule has 1 amide bonds. The Balaban J connectivity index is 1.30. The molecule has 0 aliphatic carbocycles. The maximum Gasteiger partial charge on any atom is 0.343 e. The predicted molar refractivity (Wildman–Crippen MR) is 149 cm³/mol. The summed E-state index contributed by atoms with van der Waals surface area (Å²) in [5.74, 6) is -0.589. The molecule has 0 heterocycles. The van der Waals surface area contributed by atoms with Gasteiger partial charge in [-0.1, -0.05) is 27.5 Å². The van der Waals surface area contributed by atoms with Crippen LogP contribution in [0.15, 0.2) is 112 Å². The van der Waals surface area contributed by atoms with Gasteiger partial charge in [-0.2, -0.15) is 5.10 Å². The Morgan fingerprint density at radius 1 is 0.816 bits per heavy atom. The number of nitrogens with zero attached hydrogens (tertiary/aromatic N) is 1. The van der Waals surface area contributed by atoms with Gasteiger partial charge >= 0.3 is 5.97 Å². The van der Waals surface area contributed by atoms with E-state index in [1.54, 1.807) is 48.5 Å². The second-order valence-corrected chi connectivity index (χ2v) is 10.8. The van der Waals surface area contributed by atoms with Crippen molar-refractivity contribution in [1.29, 1.82) is 0 Å². The van der Waals surface area contributed by atoms with Gasteiger partial charge < -0.3 is 4.74 Å². The van der Waals surface area contributed by atoms with Crippen LogP contribution in [0.25, 0.3) is 0 Å². The minimum atomic E-state index is -3.80. The molecule has 38 heavy (non-hydrogen) atoms. The van der Waals surface area contributed by atoms with Crippen LogP contribution in [-0.4, -0.2) is 26.5 Å². The number of carbonyl (C=O) groups excluding carboxylic acids is 2. The van der Waals surface area contributed by atoms with Crippen molar-refractivity contribution in [3.05, 3.63) is 123 Å². The molecule has 4 aromatic carbocycles. The van der Waals surface area contributed by atoms with E-state index in [9.17, 15) is 18.0 Å². The number of hydrogen-bond donors (Lipinski definition) is 2. The van der Waals surface area contributed by atoms with E-state index in [4.69, 9.17) is 16.3 Å². The first-order valence-electron chi connectivity index (χ1n) is 11.0. The van der Waals surface area contributed by atoms with Crippen LogP contribution < -0.4 is 14.9 Å². The first kappa shape index (κ1) is 27.1. The fourth-order valence-electron chi connectivity index (χ4n) is 3.12. The van der Waals surface area contributed by atoms with Gasteiger partial charge in [0.05, 0.1) is 16.7 Å². The zero-order valence-corrected chi connectivity index (χ0v) is 22.6. The van der Waals surface area contributed by atoms with E-state index in [2.05, 4.69) is 31.2 Å². The molecule has 4 aromatic rings. The zero-order chi connectivity index (χ0) is 27.1. The molecule has 0 aliphatic rings. The van der Waals surface area contributed by atoms with E-state index in [1.807, 2.05) is 0 Å². The highest BCUT2D eigenvalue weighted by Crippen LogP contribution is 2.19. The molecule has 8 nitrogen and oxygen atoms in total. The van der Waals surface area contributed by atoms with Gasteiger partial charge in [0.1, 0.15) is 5.75 Å². The smallest absolute Gasteiger partial charge is 0.343 e. The van der Waals surface area contributed by atoms with E-state index in [0.717, 1.165) is 4.47 Å². The van der Waals surface area contributed by atoms with Crippen LogP contribution in [0.4, 0.5) is 5.69 Å². The van der Waals surface area contributed by atoms with Gasteiger partial charge in [-0.15, -0.1) is 0 Å². The maximum absolute atomic E-state index is 12.5. The molecular weight excluding hydrogens is 594 g/mol. The highest BCUT2D eigenvalue weighted by atomic mass is 79.9. The Morgan fingerprint density at radius 3 is 2.05 bits per heavy atom. The summed E-state index contributed by atoms with van der Waals surface area (Å²) in [4.78, 5) is 24.7. The standard InChI is InChI=1S/C27H19BrClN3O5S/c28-21-7-3-20(4-8-21)27(34)37-24-13-1-18(2-14-24)17-30-31-26(33)19-5-11-23(12-6-19)32-38(35,36)25-15-9-22(29)10-16-25/h1-17,32H,(H,31,33). The average molecular weight is 613 g/mol. The lowest BCUT2D eigenvalue weighted by Gasteiger charge is -2.09. The number of anilines is 1. The Labute approximate surface area is 232 Å². The van der Waals surface area contributed by atoms with Gasteiger partial charge in [-0.05, 0) is 103 Å². The number of nitrogens with one attached hydrogen (secondary N) is 2. The Hall–Kier alpha value is -3.99. The largest absolute Gasteiger partial charge is 0.423 e. The second kappa shape index (κ2) is 12.0. The summed E-state index contributed by atoms with van der Waals surface area (Å²) in [5, 5.41) is 4.36. The van der Waals surface area contributed by atoms with Crippen LogP contribution in [0.5, 0.6) is 5.75 Å². The quantitative estimate of drug-likeness (QED) is 0.112. The van der Waals surface area contributed by atoms with Crippen molar-refractivity contribution in [3.8, 4) is 5.75 Å². The number of esters is 1. The number of carbonyl (C=O) groups is 2. The van der Waals surface area contributed by atoms with Gasteiger partial charge in [-0.3, -0.25) is 9.52 Å². The molecule has 192 valence electrons. The number of ether oxygens (including phenoxy) is 1. The van der Waals surface area contributed by atoms with Crippen molar-refractivity contribution in [2.75, 3.05) is 4.72 Å². The first-order valence-corrected chi connectivity index (χ1v) is 13.6. The maximum atomic E-state index is 12.5. The molecule has 0 spiro atoms. The number of benzene rings is 4. The summed E-state index contributed by atoms with van der Waals surface area (Å²) in [6.07, 6.45) is 1.44. The highest BCUT2D eigenvalue weighted by molar-refractivity contribution is 9.10. The molecule has 0 bridgehead atoms. The van der Waals surface area contributed by atoms with E-state index in [-0.39, 0.29) is 10.5 Å². The van der Waals surface area contributed by atoms with Gasteiger partial charge in [0.15, 0.2) is 0 Å². The first-order chi connectivity index (χ1) is 18.2. The minimum Gasteiger partial charge on any atom is -0.423 e. The predicted octanol–water partition coefficient (Wildman–Crippen LogP) is 5.89. The lowest BCUT2D eigenvalue weighted by molar-refractivity contribution is 0.0734. The van der Waals surface area contributed by atoms with E-state index < -0.39 is 21.9 Å². The van der Waals surface area contributed by atoms with Gasteiger partial charge in [0.2, 0.25) is 0 Å². The summed E-state index contributed by atoms with van der Waals surface area (Å²) in [6, 6.07) is 25.1. The van der Waals surface area contributed by atoms with Crippen molar-refractivity contribution >= 4 is 61.3 Å². The summed E-state index contributed by atoms with van der Waals surface area (Å²) in [6.45, 7) is 0. The van der Waals surface area contributed by atoms with Crippen LogP contribution in [0, 0.1) is 0 Å². The zero-order valence-electron chi connectivity index (χ0n) is 19.5. The average Bonchev–Trinajstić information content (AvgIpc) is 2.90. The SMILES string of the molecule is O=C(NN=Cc1ccc(OC(=O)c2ccc(Br)cc2)cc1)c1ccc(NS(=O)(=O)c2ccc(Cl)cc2)cc1. The Kier molecular flexibility index (Phi) is 8.57. The van der Waals surface area contributed by atoms with Crippen molar-refractivity contribution in [2.24, 2.45) is 5.10 Å². The normalized spacial score (nSPS) is 11.2. The Morgan fingerprint density at radius 2 is 1.42 bits per heavy atom.